The predicted octanol–water partition coefficient (Wildman–Crippen LogP) is 2.78. The average molecular weight is 329 g/mol. The number of pyridine rings is 1. The number of nitrogens with one attached hydrogen (secondary N) is 2. The molecule has 0 bridgehead atoms. The third-order valence-corrected chi connectivity index (χ3v) is 5.54. The van der Waals surface area contributed by atoms with Gasteiger partial charge in [0.15, 0.2) is 5.96 Å². The SMILES string of the molecule is CN=C(NCc1cccc(N(C)C)n1)NC1CCC2CCCC2C1. The Kier molecular flexibility index (Phi) is 5.59. The summed E-state index contributed by atoms with van der Waals surface area (Å²) in [5.41, 5.74) is 1.03. The lowest BCUT2D eigenvalue weighted by atomic mass is 9.79. The molecule has 2 aliphatic carbocycles. The number of guanidine groups is 1. The van der Waals surface area contributed by atoms with Crippen LogP contribution in [-0.4, -0.2) is 38.1 Å². The summed E-state index contributed by atoms with van der Waals surface area (Å²) in [4.78, 5) is 11.1. The van der Waals surface area contributed by atoms with Crippen LogP contribution in [0, 0.1) is 11.8 Å². The molecule has 0 radical (unpaired) electrons. The van der Waals surface area contributed by atoms with E-state index in [1.54, 1.807) is 0 Å². The highest BCUT2D eigenvalue weighted by molar-refractivity contribution is 5.79. The van der Waals surface area contributed by atoms with Crippen LogP contribution >= 0.6 is 0 Å². The van der Waals surface area contributed by atoms with Gasteiger partial charge in [0.25, 0.3) is 0 Å². The summed E-state index contributed by atoms with van der Waals surface area (Å²) in [5, 5.41) is 7.04. The van der Waals surface area contributed by atoms with E-state index in [4.69, 9.17) is 0 Å². The van der Waals surface area contributed by atoms with Crippen molar-refractivity contribution in [3.8, 4) is 0 Å². The second kappa shape index (κ2) is 7.86. The molecule has 5 heteroatoms. The van der Waals surface area contributed by atoms with Gasteiger partial charge in [-0.3, -0.25) is 4.99 Å². The van der Waals surface area contributed by atoms with E-state index in [2.05, 4.69) is 32.7 Å². The Hall–Kier alpha value is -1.78. The van der Waals surface area contributed by atoms with Gasteiger partial charge in [-0.05, 0) is 43.2 Å². The summed E-state index contributed by atoms with van der Waals surface area (Å²) >= 11 is 0. The van der Waals surface area contributed by atoms with E-state index in [1.807, 2.05) is 32.1 Å². The van der Waals surface area contributed by atoms with Gasteiger partial charge in [-0.15, -0.1) is 0 Å². The van der Waals surface area contributed by atoms with Gasteiger partial charge in [-0.1, -0.05) is 25.3 Å². The largest absolute Gasteiger partial charge is 0.363 e. The van der Waals surface area contributed by atoms with E-state index in [0.29, 0.717) is 12.6 Å². The number of anilines is 1. The maximum Gasteiger partial charge on any atom is 0.191 e. The number of rotatable bonds is 4. The van der Waals surface area contributed by atoms with Crippen molar-refractivity contribution in [2.24, 2.45) is 16.8 Å². The first kappa shape index (κ1) is 17.1. The van der Waals surface area contributed by atoms with Gasteiger partial charge in [0.05, 0.1) is 12.2 Å². The van der Waals surface area contributed by atoms with E-state index >= 15 is 0 Å². The van der Waals surface area contributed by atoms with Crippen molar-refractivity contribution in [3.63, 3.8) is 0 Å². The lowest BCUT2D eigenvalue weighted by molar-refractivity contribution is 0.239. The maximum absolute atomic E-state index is 4.65. The third kappa shape index (κ3) is 4.19. The summed E-state index contributed by atoms with van der Waals surface area (Å²) < 4.78 is 0. The fourth-order valence-electron chi connectivity index (χ4n) is 4.21. The molecular formula is C19H31N5. The Balaban J connectivity index is 1.51. The minimum atomic E-state index is 0.566. The van der Waals surface area contributed by atoms with E-state index in [-0.39, 0.29) is 0 Å². The Morgan fingerprint density at radius 1 is 1.21 bits per heavy atom. The van der Waals surface area contributed by atoms with E-state index < -0.39 is 0 Å². The van der Waals surface area contributed by atoms with Gasteiger partial charge in [-0.25, -0.2) is 4.98 Å². The molecule has 2 fully saturated rings. The third-order valence-electron chi connectivity index (χ3n) is 5.54. The summed E-state index contributed by atoms with van der Waals surface area (Å²) in [6, 6.07) is 6.70. The smallest absolute Gasteiger partial charge is 0.191 e. The number of hydrogen-bond donors (Lipinski definition) is 2. The Bertz CT molecular complexity index is 569. The molecule has 2 N–H and O–H groups in total. The monoisotopic (exact) mass is 329 g/mol. The number of hydrogen-bond acceptors (Lipinski definition) is 3. The highest BCUT2D eigenvalue weighted by Crippen LogP contribution is 2.41. The maximum atomic E-state index is 4.65. The molecule has 0 aromatic carbocycles. The Morgan fingerprint density at radius 3 is 2.83 bits per heavy atom. The molecule has 1 heterocycles. The molecule has 2 aliphatic rings. The predicted molar refractivity (Wildman–Crippen MR) is 100 cm³/mol. The van der Waals surface area contributed by atoms with Crippen molar-refractivity contribution in [2.75, 3.05) is 26.0 Å². The molecule has 0 spiro atoms. The van der Waals surface area contributed by atoms with Crippen molar-refractivity contribution in [3.05, 3.63) is 23.9 Å². The summed E-state index contributed by atoms with van der Waals surface area (Å²) in [5.74, 6) is 3.81. The summed E-state index contributed by atoms with van der Waals surface area (Å²) in [7, 11) is 5.87. The van der Waals surface area contributed by atoms with Crippen LogP contribution in [0.15, 0.2) is 23.2 Å². The average Bonchev–Trinajstić information content (AvgIpc) is 3.06. The normalized spacial score (nSPS) is 26.8. The Morgan fingerprint density at radius 2 is 2.04 bits per heavy atom. The van der Waals surface area contributed by atoms with Crippen LogP contribution in [0.1, 0.15) is 44.2 Å². The van der Waals surface area contributed by atoms with Crippen LogP contribution in [0.3, 0.4) is 0 Å². The number of aromatic nitrogens is 1. The van der Waals surface area contributed by atoms with E-state index in [1.165, 1.54) is 38.5 Å². The molecule has 0 amide bonds. The molecule has 132 valence electrons. The van der Waals surface area contributed by atoms with Gasteiger partial charge in [0.1, 0.15) is 5.82 Å². The zero-order chi connectivity index (χ0) is 16.9. The summed E-state index contributed by atoms with van der Waals surface area (Å²) in [6.07, 6.45) is 8.28. The van der Waals surface area contributed by atoms with Gasteiger partial charge in [0, 0.05) is 27.2 Å². The van der Waals surface area contributed by atoms with Gasteiger partial charge >= 0.3 is 0 Å². The minimum absolute atomic E-state index is 0.566. The van der Waals surface area contributed by atoms with Crippen LogP contribution in [0.4, 0.5) is 5.82 Å². The standard InChI is InChI=1S/C19H31N5/c1-20-19(21-13-17-8-5-9-18(22-17)24(2)3)23-16-11-10-14-6-4-7-15(14)12-16/h5,8-9,14-16H,4,6-7,10-13H2,1-3H3,(H2,20,21,23). The zero-order valence-corrected chi connectivity index (χ0v) is 15.3. The Labute approximate surface area is 146 Å². The molecule has 2 saturated carbocycles. The lowest BCUT2D eigenvalue weighted by Crippen LogP contribution is -2.45. The van der Waals surface area contributed by atoms with Gasteiger partial charge < -0.3 is 15.5 Å². The highest BCUT2D eigenvalue weighted by Gasteiger charge is 2.33. The first-order valence-electron chi connectivity index (χ1n) is 9.26. The molecule has 3 rings (SSSR count). The molecule has 5 nitrogen and oxygen atoms in total. The molecule has 24 heavy (non-hydrogen) atoms. The number of nitrogens with zero attached hydrogens (tertiary/aromatic N) is 3. The first-order chi connectivity index (χ1) is 11.7. The molecule has 0 aliphatic heterocycles. The quantitative estimate of drug-likeness (QED) is 0.659. The van der Waals surface area contributed by atoms with Crippen molar-refractivity contribution in [2.45, 2.75) is 51.1 Å². The minimum Gasteiger partial charge on any atom is -0.363 e. The molecule has 1 aromatic rings. The van der Waals surface area contributed by atoms with Crippen molar-refractivity contribution in [1.82, 2.24) is 15.6 Å². The van der Waals surface area contributed by atoms with Crippen LogP contribution in [0.5, 0.6) is 0 Å². The van der Waals surface area contributed by atoms with E-state index in [9.17, 15) is 0 Å². The fourth-order valence-corrected chi connectivity index (χ4v) is 4.21. The van der Waals surface area contributed by atoms with E-state index in [0.717, 1.165) is 29.3 Å². The van der Waals surface area contributed by atoms with Crippen molar-refractivity contribution in [1.29, 1.82) is 0 Å². The van der Waals surface area contributed by atoms with Gasteiger partial charge in [0.2, 0.25) is 0 Å². The summed E-state index contributed by atoms with van der Waals surface area (Å²) in [6.45, 7) is 0.695. The first-order valence-corrected chi connectivity index (χ1v) is 9.26. The van der Waals surface area contributed by atoms with Crippen LogP contribution < -0.4 is 15.5 Å². The van der Waals surface area contributed by atoms with Crippen LogP contribution in [0.25, 0.3) is 0 Å². The topological polar surface area (TPSA) is 52.6 Å². The lowest BCUT2D eigenvalue weighted by Gasteiger charge is -2.33. The number of aliphatic imine (C=N–C) groups is 1. The molecule has 0 saturated heterocycles. The van der Waals surface area contributed by atoms with Crippen molar-refractivity contribution < 1.29 is 0 Å². The second-order valence-electron chi connectivity index (χ2n) is 7.41. The van der Waals surface area contributed by atoms with Crippen molar-refractivity contribution >= 4 is 11.8 Å². The number of fused-ring (bicyclic) bond motifs is 1. The highest BCUT2D eigenvalue weighted by atomic mass is 15.2. The second-order valence-corrected chi connectivity index (χ2v) is 7.41. The molecule has 1 aromatic heterocycles. The molecule has 3 unspecified atom stereocenters. The van der Waals surface area contributed by atoms with Crippen LogP contribution in [0.2, 0.25) is 0 Å². The van der Waals surface area contributed by atoms with Gasteiger partial charge in [-0.2, -0.15) is 0 Å². The fraction of sp³-hybridized carbons (Fsp3) is 0.684. The zero-order valence-electron chi connectivity index (χ0n) is 15.3. The van der Waals surface area contributed by atoms with Crippen LogP contribution in [-0.2, 0) is 6.54 Å². The molecular weight excluding hydrogens is 298 g/mol. The molecule has 3 atom stereocenters.